The topological polar surface area (TPSA) is 53.2 Å². The second-order valence-electron chi connectivity index (χ2n) is 2.10. The van der Waals surface area contributed by atoms with Crippen LogP contribution in [0.5, 0.6) is 0 Å². The molecule has 0 unspecified atom stereocenters. The molecule has 0 heterocycles. The number of nitrogens with zero attached hydrogens (tertiary/aromatic N) is 2. The molecule has 1 aromatic carbocycles. The number of benzene rings is 1. The summed E-state index contributed by atoms with van der Waals surface area (Å²) in [6.07, 6.45) is 1.02. The molecule has 64 valence electrons. The van der Waals surface area contributed by atoms with Crippen molar-refractivity contribution in [1.29, 1.82) is 5.26 Å². The summed E-state index contributed by atoms with van der Waals surface area (Å²) in [7, 11) is 0. The third kappa shape index (κ3) is 1.75. The summed E-state index contributed by atoms with van der Waals surface area (Å²) in [5.74, 6) is -2.11. The highest BCUT2D eigenvalue weighted by molar-refractivity contribution is 5.52. The Balaban J connectivity index is 3.41. The predicted molar refractivity (Wildman–Crippen MR) is 38.9 cm³/mol. The van der Waals surface area contributed by atoms with E-state index in [4.69, 9.17) is 5.26 Å². The minimum absolute atomic E-state index is 0.167. The van der Waals surface area contributed by atoms with E-state index in [2.05, 4.69) is 4.99 Å². The Morgan fingerprint density at radius 3 is 2.23 bits per heavy atom. The maximum atomic E-state index is 12.8. The number of hydrogen-bond donors (Lipinski definition) is 0. The van der Waals surface area contributed by atoms with Crippen LogP contribution in [0.2, 0.25) is 0 Å². The van der Waals surface area contributed by atoms with Crippen LogP contribution in [0.15, 0.2) is 17.1 Å². The van der Waals surface area contributed by atoms with Crippen molar-refractivity contribution in [3.05, 3.63) is 29.3 Å². The molecule has 0 fully saturated rings. The molecule has 1 rings (SSSR count). The molecule has 0 atom stereocenters. The Hall–Kier alpha value is -2.05. The van der Waals surface area contributed by atoms with E-state index in [9.17, 15) is 13.6 Å². The molecule has 13 heavy (non-hydrogen) atoms. The van der Waals surface area contributed by atoms with Crippen molar-refractivity contribution >= 4 is 11.8 Å². The summed E-state index contributed by atoms with van der Waals surface area (Å²) in [6, 6.07) is 3.14. The molecule has 0 radical (unpaired) electrons. The number of rotatable bonds is 1. The van der Waals surface area contributed by atoms with Crippen LogP contribution < -0.4 is 0 Å². The van der Waals surface area contributed by atoms with Gasteiger partial charge in [-0.05, 0) is 12.1 Å². The molecule has 0 aliphatic carbocycles. The maximum absolute atomic E-state index is 12.8. The minimum Gasteiger partial charge on any atom is -0.211 e. The van der Waals surface area contributed by atoms with Crippen LogP contribution in [0.4, 0.5) is 14.5 Å². The Morgan fingerprint density at radius 1 is 1.31 bits per heavy atom. The molecule has 1 aromatic rings. The van der Waals surface area contributed by atoms with E-state index in [1.165, 1.54) is 0 Å². The molecule has 5 heteroatoms. The highest BCUT2D eigenvalue weighted by Crippen LogP contribution is 2.22. The maximum Gasteiger partial charge on any atom is 0.240 e. The summed E-state index contributed by atoms with van der Waals surface area (Å²) in [5, 5.41) is 8.32. The van der Waals surface area contributed by atoms with E-state index in [0.717, 1.165) is 18.2 Å². The van der Waals surface area contributed by atoms with Crippen molar-refractivity contribution in [3.8, 4) is 6.07 Å². The fraction of sp³-hybridized carbons (Fsp3) is 0. The van der Waals surface area contributed by atoms with Gasteiger partial charge in [-0.25, -0.2) is 13.6 Å². The summed E-state index contributed by atoms with van der Waals surface area (Å²) in [6.45, 7) is 0. The molecule has 0 aliphatic heterocycles. The van der Waals surface area contributed by atoms with E-state index in [-0.39, 0.29) is 5.56 Å². The van der Waals surface area contributed by atoms with Gasteiger partial charge in [0.25, 0.3) is 0 Å². The van der Waals surface area contributed by atoms with Crippen LogP contribution in [0.3, 0.4) is 0 Å². The summed E-state index contributed by atoms with van der Waals surface area (Å²) < 4.78 is 25.6. The largest absolute Gasteiger partial charge is 0.240 e. The van der Waals surface area contributed by atoms with Crippen LogP contribution in [-0.2, 0) is 4.79 Å². The van der Waals surface area contributed by atoms with Gasteiger partial charge in [0.2, 0.25) is 6.08 Å². The van der Waals surface area contributed by atoms with Crippen LogP contribution in [0, 0.1) is 23.0 Å². The standard InChI is InChI=1S/C8H2F2N2O/c9-6-1-5(3-11)2-7(10)8(6)12-4-13/h1-2H. The van der Waals surface area contributed by atoms with E-state index in [1.807, 2.05) is 0 Å². The molecular formula is C8H2F2N2O. The number of nitriles is 1. The molecule has 0 bridgehead atoms. The lowest BCUT2D eigenvalue weighted by atomic mass is 10.2. The van der Waals surface area contributed by atoms with Crippen molar-refractivity contribution in [1.82, 2.24) is 0 Å². The Bertz CT molecular complexity index is 407. The zero-order valence-electron chi connectivity index (χ0n) is 6.21. The summed E-state index contributed by atoms with van der Waals surface area (Å²) in [4.78, 5) is 12.6. The molecule has 0 amide bonds. The molecule has 0 N–H and O–H groups in total. The first-order valence-corrected chi connectivity index (χ1v) is 3.16. The number of halogens is 2. The number of carbonyl (C=O) groups excluding carboxylic acids is 1. The van der Waals surface area contributed by atoms with Crippen molar-refractivity contribution in [2.24, 2.45) is 4.99 Å². The van der Waals surface area contributed by atoms with Gasteiger partial charge in [-0.2, -0.15) is 10.3 Å². The fourth-order valence-electron chi connectivity index (χ4n) is 0.783. The third-order valence-electron chi connectivity index (χ3n) is 1.30. The first kappa shape index (κ1) is 9.04. The van der Waals surface area contributed by atoms with Crippen molar-refractivity contribution in [2.45, 2.75) is 0 Å². The van der Waals surface area contributed by atoms with Gasteiger partial charge < -0.3 is 0 Å². The van der Waals surface area contributed by atoms with E-state index in [1.54, 1.807) is 6.07 Å². The van der Waals surface area contributed by atoms with Crippen LogP contribution in [-0.4, -0.2) is 6.08 Å². The first-order valence-electron chi connectivity index (χ1n) is 3.16. The van der Waals surface area contributed by atoms with Crippen LogP contribution in [0.1, 0.15) is 5.56 Å². The normalized spacial score (nSPS) is 8.69. The quantitative estimate of drug-likeness (QED) is 0.488. The second-order valence-corrected chi connectivity index (χ2v) is 2.10. The van der Waals surface area contributed by atoms with Crippen molar-refractivity contribution in [2.75, 3.05) is 0 Å². The minimum atomic E-state index is -1.06. The van der Waals surface area contributed by atoms with Crippen molar-refractivity contribution in [3.63, 3.8) is 0 Å². The van der Waals surface area contributed by atoms with Gasteiger partial charge in [0.05, 0.1) is 11.6 Å². The lowest BCUT2D eigenvalue weighted by molar-refractivity contribution is 0.560. The summed E-state index contributed by atoms with van der Waals surface area (Å²) in [5.41, 5.74) is -0.895. The van der Waals surface area contributed by atoms with Gasteiger partial charge in [0.1, 0.15) is 5.69 Å². The number of aliphatic imine (C=N–C) groups is 1. The zero-order chi connectivity index (χ0) is 9.84. The summed E-state index contributed by atoms with van der Waals surface area (Å²) >= 11 is 0. The molecule has 0 saturated heterocycles. The van der Waals surface area contributed by atoms with Crippen LogP contribution >= 0.6 is 0 Å². The average Bonchev–Trinajstić information content (AvgIpc) is 2.11. The first-order chi connectivity index (χ1) is 6.19. The van der Waals surface area contributed by atoms with Crippen LogP contribution in [0.25, 0.3) is 0 Å². The number of hydrogen-bond acceptors (Lipinski definition) is 3. The van der Waals surface area contributed by atoms with E-state index in [0.29, 0.717) is 0 Å². The molecule has 0 saturated carbocycles. The Morgan fingerprint density at radius 2 is 1.85 bits per heavy atom. The lowest BCUT2D eigenvalue weighted by Crippen LogP contribution is -1.85. The van der Waals surface area contributed by atoms with Gasteiger partial charge in [-0.15, -0.1) is 0 Å². The third-order valence-corrected chi connectivity index (χ3v) is 1.30. The highest BCUT2D eigenvalue weighted by Gasteiger charge is 2.09. The smallest absolute Gasteiger partial charge is 0.211 e. The van der Waals surface area contributed by atoms with Gasteiger partial charge >= 0.3 is 0 Å². The lowest BCUT2D eigenvalue weighted by Gasteiger charge is -1.96. The van der Waals surface area contributed by atoms with Gasteiger partial charge in [0.15, 0.2) is 11.6 Å². The van der Waals surface area contributed by atoms with Gasteiger partial charge in [-0.3, -0.25) is 0 Å². The Labute approximate surface area is 71.9 Å². The van der Waals surface area contributed by atoms with E-state index >= 15 is 0 Å². The monoisotopic (exact) mass is 180 g/mol. The Kier molecular flexibility index (Phi) is 2.48. The molecule has 0 spiro atoms. The zero-order valence-corrected chi connectivity index (χ0v) is 6.21. The van der Waals surface area contributed by atoms with Crippen molar-refractivity contribution < 1.29 is 13.6 Å². The molecular weight excluding hydrogens is 178 g/mol. The second kappa shape index (κ2) is 3.57. The molecule has 3 nitrogen and oxygen atoms in total. The SMILES string of the molecule is N#Cc1cc(F)c(N=C=O)c(F)c1. The van der Waals surface area contributed by atoms with E-state index < -0.39 is 17.3 Å². The molecule has 0 aromatic heterocycles. The number of isocyanates is 1. The average molecular weight is 180 g/mol. The highest BCUT2D eigenvalue weighted by atomic mass is 19.1. The molecule has 0 aliphatic rings. The van der Waals surface area contributed by atoms with Gasteiger partial charge in [-0.1, -0.05) is 0 Å². The van der Waals surface area contributed by atoms with Gasteiger partial charge in [0, 0.05) is 0 Å². The predicted octanol–water partition coefficient (Wildman–Crippen LogP) is 1.80. The fourth-order valence-corrected chi connectivity index (χ4v) is 0.783.